The van der Waals surface area contributed by atoms with Crippen molar-refractivity contribution >= 4 is 63.8 Å². The molecule has 1 fully saturated rings. The number of fused-ring (bicyclic) bond motifs is 1. The summed E-state index contributed by atoms with van der Waals surface area (Å²) in [6.07, 6.45) is 2.03. The molecular formula is C24H24N6O8S2. The van der Waals surface area contributed by atoms with Crippen LogP contribution in [-0.2, 0) is 35.4 Å². The van der Waals surface area contributed by atoms with Gasteiger partial charge in [0.2, 0.25) is 6.41 Å². The van der Waals surface area contributed by atoms with Crippen LogP contribution in [0.5, 0.6) is 0 Å². The number of nitrogens with zero attached hydrogens (tertiary/aromatic N) is 4. The summed E-state index contributed by atoms with van der Waals surface area (Å²) in [6.45, 7) is 3.92. The zero-order valence-electron chi connectivity index (χ0n) is 21.3. The van der Waals surface area contributed by atoms with Crippen LogP contribution in [0, 0.1) is 16.0 Å². The molecule has 14 nitrogen and oxygen atoms in total. The topological polar surface area (TPSA) is 182 Å². The van der Waals surface area contributed by atoms with Gasteiger partial charge in [0.15, 0.2) is 10.8 Å². The second-order valence-electron chi connectivity index (χ2n) is 8.90. The number of non-ortho nitro benzene ring substituents is 1. The Morgan fingerprint density at radius 2 is 2.08 bits per heavy atom. The molecule has 2 aromatic rings. The van der Waals surface area contributed by atoms with E-state index in [0.717, 1.165) is 11.3 Å². The van der Waals surface area contributed by atoms with E-state index >= 15 is 0 Å². The molecule has 4 rings (SSSR count). The predicted molar refractivity (Wildman–Crippen MR) is 145 cm³/mol. The minimum atomic E-state index is -0.940. The highest BCUT2D eigenvalue weighted by Crippen LogP contribution is 2.38. The van der Waals surface area contributed by atoms with Crippen LogP contribution < -0.4 is 10.6 Å². The molecule has 0 saturated carbocycles. The highest BCUT2D eigenvalue weighted by atomic mass is 32.2. The molecule has 1 aromatic carbocycles. The molecule has 2 aliphatic rings. The molecule has 16 heteroatoms. The van der Waals surface area contributed by atoms with Gasteiger partial charge in [0.1, 0.15) is 36.0 Å². The maximum absolute atomic E-state index is 13.2. The number of hydrogen-bond acceptors (Lipinski definition) is 12. The molecule has 0 aliphatic carbocycles. The van der Waals surface area contributed by atoms with E-state index in [9.17, 15) is 29.3 Å². The van der Waals surface area contributed by atoms with Gasteiger partial charge >= 0.3 is 5.97 Å². The summed E-state index contributed by atoms with van der Waals surface area (Å²) >= 11 is 2.44. The van der Waals surface area contributed by atoms with Gasteiger partial charge in [0, 0.05) is 23.3 Å². The summed E-state index contributed by atoms with van der Waals surface area (Å²) < 4.78 is 5.33. The number of nitro groups is 1. The minimum Gasteiger partial charge on any atom is -0.456 e. The van der Waals surface area contributed by atoms with Crippen molar-refractivity contribution in [3.63, 3.8) is 0 Å². The number of nitro benzene ring substituents is 1. The van der Waals surface area contributed by atoms with Gasteiger partial charge in [-0.05, 0) is 29.7 Å². The fourth-order valence-electron chi connectivity index (χ4n) is 3.63. The number of amides is 3. The predicted octanol–water partition coefficient (Wildman–Crippen LogP) is 2.02. The fourth-order valence-corrected chi connectivity index (χ4v) is 5.48. The molecule has 0 radical (unpaired) electrons. The summed E-state index contributed by atoms with van der Waals surface area (Å²) in [5.74, 6) is -1.41. The van der Waals surface area contributed by atoms with Gasteiger partial charge in [-0.2, -0.15) is 0 Å². The van der Waals surface area contributed by atoms with Crippen molar-refractivity contribution in [2.24, 2.45) is 11.1 Å². The molecule has 3 heterocycles. The highest BCUT2D eigenvalue weighted by Gasteiger charge is 2.53. The second kappa shape index (κ2) is 12.7. The van der Waals surface area contributed by atoms with Crippen LogP contribution in [0.1, 0.15) is 25.1 Å². The molecule has 40 heavy (non-hydrogen) atoms. The number of benzene rings is 1. The average Bonchev–Trinajstić information content (AvgIpc) is 3.40. The van der Waals surface area contributed by atoms with Crippen LogP contribution in [0.2, 0.25) is 0 Å². The molecule has 2 aliphatic heterocycles. The van der Waals surface area contributed by atoms with Gasteiger partial charge in [0.25, 0.3) is 17.5 Å². The van der Waals surface area contributed by atoms with Crippen molar-refractivity contribution in [1.82, 2.24) is 15.2 Å². The van der Waals surface area contributed by atoms with E-state index in [4.69, 9.17) is 9.57 Å². The summed E-state index contributed by atoms with van der Waals surface area (Å²) in [4.78, 5) is 70.7. The standard InChI is InChI=1S/C24H24N6O8S2/c1-13(2)9-38-28-18(16-11-40-24(26-16)25-12-31)20(32)27-19-21(33)29-17(7-8-39-22(19)29)23(34)37-10-14-3-5-15(6-4-14)30(35)36/h3-7,11-13,19,22H,8-10H2,1-2H3,(H,27,32)(H,25,26,31)/b28-18-/t19?,22-/m1/s1. The highest BCUT2D eigenvalue weighted by molar-refractivity contribution is 8.00. The van der Waals surface area contributed by atoms with Crippen molar-refractivity contribution in [3.8, 4) is 0 Å². The first-order valence-electron chi connectivity index (χ1n) is 11.9. The lowest BCUT2D eigenvalue weighted by Gasteiger charge is -2.48. The lowest BCUT2D eigenvalue weighted by Crippen LogP contribution is -2.70. The lowest BCUT2D eigenvalue weighted by molar-refractivity contribution is -0.384. The SMILES string of the molecule is CC(C)CO/N=C(\C(=O)NC1C(=O)N2C(C(=O)OCc3ccc([N+](=O)[O-])cc3)=CCS[C@H]12)c1csc(NC=O)n1. The number of esters is 1. The van der Waals surface area contributed by atoms with E-state index in [0.29, 0.717) is 17.7 Å². The Kier molecular flexibility index (Phi) is 9.11. The molecule has 2 N–H and O–H groups in total. The number of aromatic nitrogens is 1. The van der Waals surface area contributed by atoms with Crippen molar-refractivity contribution < 1.29 is 33.7 Å². The van der Waals surface area contributed by atoms with Gasteiger partial charge in [-0.25, -0.2) is 9.78 Å². The summed E-state index contributed by atoms with van der Waals surface area (Å²) in [7, 11) is 0. The number of hydrogen-bond donors (Lipinski definition) is 2. The summed E-state index contributed by atoms with van der Waals surface area (Å²) in [6, 6.07) is 4.62. The Morgan fingerprint density at radius 1 is 1.32 bits per heavy atom. The third-order valence-electron chi connectivity index (χ3n) is 5.57. The first-order chi connectivity index (χ1) is 19.2. The Balaban J connectivity index is 1.40. The van der Waals surface area contributed by atoms with Crippen molar-refractivity contribution in [2.75, 3.05) is 17.7 Å². The number of carbonyl (C=O) groups excluding carboxylic acids is 4. The Morgan fingerprint density at radius 3 is 2.75 bits per heavy atom. The van der Waals surface area contributed by atoms with E-state index in [1.54, 1.807) is 6.08 Å². The maximum atomic E-state index is 13.2. The zero-order chi connectivity index (χ0) is 28.8. The van der Waals surface area contributed by atoms with Crippen molar-refractivity contribution in [2.45, 2.75) is 31.9 Å². The monoisotopic (exact) mass is 588 g/mol. The molecule has 0 bridgehead atoms. The number of anilines is 1. The maximum Gasteiger partial charge on any atom is 0.355 e. The number of ether oxygens (including phenoxy) is 1. The minimum absolute atomic E-state index is 0.0550. The molecule has 1 unspecified atom stereocenters. The van der Waals surface area contributed by atoms with Crippen LogP contribution in [-0.4, -0.2) is 68.5 Å². The van der Waals surface area contributed by atoms with Crippen molar-refractivity contribution in [3.05, 3.63) is 62.8 Å². The van der Waals surface area contributed by atoms with Gasteiger partial charge in [0.05, 0.1) is 4.92 Å². The van der Waals surface area contributed by atoms with Crippen LogP contribution in [0.3, 0.4) is 0 Å². The second-order valence-corrected chi connectivity index (χ2v) is 10.9. The molecule has 1 aromatic heterocycles. The van der Waals surface area contributed by atoms with Gasteiger partial charge in [-0.3, -0.25) is 29.4 Å². The number of thiazole rings is 1. The number of β-lactam (4-membered cyclic amide) rings is 1. The van der Waals surface area contributed by atoms with Crippen molar-refractivity contribution in [1.29, 1.82) is 0 Å². The van der Waals surface area contributed by atoms with E-state index in [1.165, 1.54) is 46.3 Å². The number of carbonyl (C=O) groups is 4. The van der Waals surface area contributed by atoms with Crippen LogP contribution in [0.4, 0.5) is 10.8 Å². The Hall–Kier alpha value is -4.31. The van der Waals surface area contributed by atoms with Crippen LogP contribution in [0.15, 0.2) is 46.6 Å². The van der Waals surface area contributed by atoms with Gasteiger partial charge in [-0.1, -0.05) is 19.0 Å². The average molecular weight is 589 g/mol. The van der Waals surface area contributed by atoms with Crippen LogP contribution >= 0.6 is 23.1 Å². The number of nitrogens with one attached hydrogen (secondary N) is 2. The third kappa shape index (κ3) is 6.45. The quantitative estimate of drug-likeness (QED) is 0.0929. The molecular weight excluding hydrogens is 564 g/mol. The zero-order valence-corrected chi connectivity index (χ0v) is 22.9. The smallest absolute Gasteiger partial charge is 0.355 e. The number of oxime groups is 1. The lowest BCUT2D eigenvalue weighted by atomic mass is 10.0. The first-order valence-corrected chi connectivity index (χ1v) is 13.8. The summed E-state index contributed by atoms with van der Waals surface area (Å²) in [5.41, 5.74) is 0.504. The Bertz CT molecular complexity index is 1370. The van der Waals surface area contributed by atoms with Gasteiger partial charge in [-0.15, -0.1) is 23.1 Å². The largest absolute Gasteiger partial charge is 0.456 e. The first kappa shape index (κ1) is 28.7. The van der Waals surface area contributed by atoms with E-state index < -0.39 is 34.1 Å². The van der Waals surface area contributed by atoms with Gasteiger partial charge < -0.3 is 20.2 Å². The van der Waals surface area contributed by atoms with E-state index in [-0.39, 0.29) is 47.1 Å². The van der Waals surface area contributed by atoms with E-state index in [1.807, 2.05) is 13.8 Å². The molecule has 3 amide bonds. The fraction of sp³-hybridized carbons (Fsp3) is 0.333. The molecule has 0 spiro atoms. The summed E-state index contributed by atoms with van der Waals surface area (Å²) in [5, 5.41) is 21.0. The number of rotatable bonds is 12. The third-order valence-corrected chi connectivity index (χ3v) is 7.52. The van der Waals surface area contributed by atoms with E-state index in [2.05, 4.69) is 20.8 Å². The normalized spacial score (nSPS) is 18.3. The molecule has 1 saturated heterocycles. The number of thioether (sulfide) groups is 1. The molecule has 210 valence electrons. The Labute approximate surface area is 235 Å². The van der Waals surface area contributed by atoms with Crippen LogP contribution in [0.25, 0.3) is 0 Å². The molecule has 2 atom stereocenters.